The molecule has 0 atom stereocenters. The molecule has 0 saturated heterocycles. The van der Waals surface area contributed by atoms with Crippen LogP contribution in [-0.4, -0.2) is 53.1 Å². The number of benzene rings is 1. The molecule has 0 aliphatic heterocycles. The largest absolute Gasteiger partial charge is 0.481 e. The summed E-state index contributed by atoms with van der Waals surface area (Å²) in [6, 6.07) is 8.82. The molecule has 98 valence electrons. The molecule has 0 unspecified atom stereocenters. The van der Waals surface area contributed by atoms with Crippen LogP contribution in [0.5, 0.6) is 0 Å². The van der Waals surface area contributed by atoms with Gasteiger partial charge in [0, 0.05) is 18.7 Å². The molecule has 5 heteroatoms. The maximum atomic E-state index is 11.9. The van der Waals surface area contributed by atoms with E-state index in [1.807, 2.05) is 6.07 Å². The van der Waals surface area contributed by atoms with Crippen LogP contribution >= 0.6 is 0 Å². The van der Waals surface area contributed by atoms with Crippen molar-refractivity contribution in [1.82, 2.24) is 4.90 Å². The summed E-state index contributed by atoms with van der Waals surface area (Å²) >= 11 is 0. The third-order valence-corrected chi connectivity index (χ3v) is 2.52. The quantitative estimate of drug-likeness (QED) is 0.663. The van der Waals surface area contributed by atoms with E-state index in [9.17, 15) is 9.59 Å². The summed E-state index contributed by atoms with van der Waals surface area (Å²) in [6.45, 7) is 0.583. The first-order valence-electron chi connectivity index (χ1n) is 5.76. The van der Waals surface area contributed by atoms with Gasteiger partial charge in [-0.2, -0.15) is 0 Å². The summed E-state index contributed by atoms with van der Waals surface area (Å²) in [4.78, 5) is 24.0. The second-order valence-electron chi connectivity index (χ2n) is 3.93. The van der Waals surface area contributed by atoms with Crippen LogP contribution in [0.2, 0.25) is 0 Å². The molecule has 0 amide bonds. The van der Waals surface area contributed by atoms with Crippen LogP contribution in [-0.2, 0) is 4.79 Å². The SMILES string of the molecule is O=C(O)CCN(CCO)CC(=O)c1ccccc1. The summed E-state index contributed by atoms with van der Waals surface area (Å²) in [5.74, 6) is -0.987. The number of Topliss-reactive ketones (excluding diaryl/α,β-unsaturated/α-hetero) is 1. The number of aliphatic hydroxyl groups is 1. The number of hydrogen-bond donors (Lipinski definition) is 2. The number of rotatable bonds is 8. The Morgan fingerprint density at radius 3 is 2.33 bits per heavy atom. The number of carbonyl (C=O) groups excluding carboxylic acids is 1. The van der Waals surface area contributed by atoms with Crippen LogP contribution in [0.3, 0.4) is 0 Å². The van der Waals surface area contributed by atoms with Gasteiger partial charge in [-0.05, 0) is 0 Å². The van der Waals surface area contributed by atoms with Crippen molar-refractivity contribution >= 4 is 11.8 Å². The van der Waals surface area contributed by atoms with Gasteiger partial charge in [0.2, 0.25) is 0 Å². The van der Waals surface area contributed by atoms with Crippen molar-refractivity contribution < 1.29 is 19.8 Å². The minimum Gasteiger partial charge on any atom is -0.481 e. The zero-order valence-electron chi connectivity index (χ0n) is 10.1. The van der Waals surface area contributed by atoms with Crippen LogP contribution < -0.4 is 0 Å². The van der Waals surface area contributed by atoms with Crippen molar-refractivity contribution in [2.24, 2.45) is 0 Å². The fourth-order valence-corrected chi connectivity index (χ4v) is 1.58. The fraction of sp³-hybridized carbons (Fsp3) is 0.385. The van der Waals surface area contributed by atoms with Gasteiger partial charge < -0.3 is 10.2 Å². The van der Waals surface area contributed by atoms with Gasteiger partial charge >= 0.3 is 5.97 Å². The number of aliphatic carboxylic acids is 1. The first kappa shape index (κ1) is 14.3. The number of carboxylic acids is 1. The predicted molar refractivity (Wildman–Crippen MR) is 66.6 cm³/mol. The lowest BCUT2D eigenvalue weighted by Gasteiger charge is -2.19. The lowest BCUT2D eigenvalue weighted by Crippen LogP contribution is -2.34. The molecule has 0 saturated carbocycles. The van der Waals surface area contributed by atoms with Crippen LogP contribution in [0.1, 0.15) is 16.8 Å². The zero-order chi connectivity index (χ0) is 13.4. The van der Waals surface area contributed by atoms with Crippen molar-refractivity contribution in [2.75, 3.05) is 26.2 Å². The summed E-state index contributed by atoms with van der Waals surface area (Å²) in [5.41, 5.74) is 0.593. The molecule has 0 heterocycles. The van der Waals surface area contributed by atoms with Gasteiger partial charge in [-0.25, -0.2) is 0 Å². The van der Waals surface area contributed by atoms with Gasteiger partial charge in [0.15, 0.2) is 5.78 Å². The summed E-state index contributed by atoms with van der Waals surface area (Å²) < 4.78 is 0. The minimum absolute atomic E-state index is 0.0396. The first-order chi connectivity index (χ1) is 8.63. The Morgan fingerprint density at radius 1 is 1.11 bits per heavy atom. The van der Waals surface area contributed by atoms with E-state index in [2.05, 4.69) is 0 Å². The third kappa shape index (κ3) is 5.07. The minimum atomic E-state index is -0.912. The van der Waals surface area contributed by atoms with E-state index in [1.165, 1.54) is 0 Å². The molecular weight excluding hydrogens is 234 g/mol. The van der Waals surface area contributed by atoms with E-state index in [4.69, 9.17) is 10.2 Å². The van der Waals surface area contributed by atoms with Crippen molar-refractivity contribution in [1.29, 1.82) is 0 Å². The van der Waals surface area contributed by atoms with Crippen LogP contribution in [0.4, 0.5) is 0 Å². The number of nitrogens with zero attached hydrogens (tertiary/aromatic N) is 1. The number of aliphatic hydroxyl groups excluding tert-OH is 1. The number of carbonyl (C=O) groups is 2. The number of ketones is 1. The van der Waals surface area contributed by atoms with Gasteiger partial charge in [-0.15, -0.1) is 0 Å². The smallest absolute Gasteiger partial charge is 0.304 e. The highest BCUT2D eigenvalue weighted by Gasteiger charge is 2.13. The Hall–Kier alpha value is -1.72. The average Bonchev–Trinajstić information content (AvgIpc) is 2.37. The van der Waals surface area contributed by atoms with Gasteiger partial charge in [0.1, 0.15) is 0 Å². The van der Waals surface area contributed by atoms with E-state index < -0.39 is 5.97 Å². The fourth-order valence-electron chi connectivity index (χ4n) is 1.58. The molecule has 0 aliphatic rings. The molecule has 0 spiro atoms. The Bertz CT molecular complexity index is 391. The normalized spacial score (nSPS) is 10.6. The Labute approximate surface area is 106 Å². The highest BCUT2D eigenvalue weighted by atomic mass is 16.4. The monoisotopic (exact) mass is 251 g/mol. The van der Waals surface area contributed by atoms with Crippen molar-refractivity contribution in [3.63, 3.8) is 0 Å². The van der Waals surface area contributed by atoms with E-state index in [1.54, 1.807) is 29.2 Å². The van der Waals surface area contributed by atoms with E-state index in [0.29, 0.717) is 12.1 Å². The molecule has 0 fully saturated rings. The van der Waals surface area contributed by atoms with E-state index in [0.717, 1.165) is 0 Å². The Balaban J connectivity index is 2.54. The molecule has 1 aromatic carbocycles. The van der Waals surface area contributed by atoms with Crippen LogP contribution in [0.15, 0.2) is 30.3 Å². The first-order valence-corrected chi connectivity index (χ1v) is 5.76. The molecule has 5 nitrogen and oxygen atoms in total. The summed E-state index contributed by atoms with van der Waals surface area (Å²) in [7, 11) is 0. The van der Waals surface area contributed by atoms with Gasteiger partial charge in [0.25, 0.3) is 0 Å². The zero-order valence-corrected chi connectivity index (χ0v) is 10.1. The predicted octanol–water partition coefficient (Wildman–Crippen LogP) is 0.638. The van der Waals surface area contributed by atoms with E-state index in [-0.39, 0.29) is 31.9 Å². The molecule has 0 radical (unpaired) electrons. The molecule has 1 rings (SSSR count). The summed E-state index contributed by atoms with van der Waals surface area (Å²) in [5, 5.41) is 17.5. The standard InChI is InChI=1S/C13H17NO4/c15-9-8-14(7-6-13(17)18)10-12(16)11-4-2-1-3-5-11/h1-5,15H,6-10H2,(H,17,18). The molecule has 0 bridgehead atoms. The molecule has 1 aromatic rings. The van der Waals surface area contributed by atoms with Gasteiger partial charge in [-0.1, -0.05) is 30.3 Å². The van der Waals surface area contributed by atoms with E-state index >= 15 is 0 Å². The average molecular weight is 251 g/mol. The lowest BCUT2D eigenvalue weighted by molar-refractivity contribution is -0.137. The highest BCUT2D eigenvalue weighted by molar-refractivity contribution is 5.97. The van der Waals surface area contributed by atoms with Crippen LogP contribution in [0.25, 0.3) is 0 Å². The van der Waals surface area contributed by atoms with Crippen LogP contribution in [0, 0.1) is 0 Å². The van der Waals surface area contributed by atoms with Crippen molar-refractivity contribution in [3.05, 3.63) is 35.9 Å². The highest BCUT2D eigenvalue weighted by Crippen LogP contribution is 2.02. The molecular formula is C13H17NO4. The number of carboxylic acid groups (broad SMARTS) is 1. The Morgan fingerprint density at radius 2 is 1.78 bits per heavy atom. The molecule has 0 aliphatic carbocycles. The second-order valence-corrected chi connectivity index (χ2v) is 3.93. The Kier molecular flexibility index (Phi) is 6.04. The topological polar surface area (TPSA) is 77.8 Å². The number of hydrogen-bond acceptors (Lipinski definition) is 4. The van der Waals surface area contributed by atoms with Gasteiger partial charge in [0.05, 0.1) is 19.6 Å². The van der Waals surface area contributed by atoms with Crippen molar-refractivity contribution in [2.45, 2.75) is 6.42 Å². The second kappa shape index (κ2) is 7.58. The lowest BCUT2D eigenvalue weighted by atomic mass is 10.1. The van der Waals surface area contributed by atoms with Crippen molar-refractivity contribution in [3.8, 4) is 0 Å². The maximum absolute atomic E-state index is 11.9. The molecule has 0 aromatic heterocycles. The maximum Gasteiger partial charge on any atom is 0.304 e. The third-order valence-electron chi connectivity index (χ3n) is 2.52. The van der Waals surface area contributed by atoms with Gasteiger partial charge in [-0.3, -0.25) is 14.5 Å². The molecule has 2 N–H and O–H groups in total. The molecule has 18 heavy (non-hydrogen) atoms. The summed E-state index contributed by atoms with van der Waals surface area (Å²) in [6.07, 6.45) is -0.0396.